The number of pyridine rings is 1. The van der Waals surface area contributed by atoms with Gasteiger partial charge < -0.3 is 14.2 Å². The molecule has 0 saturated heterocycles. The molecule has 0 fully saturated rings. The van der Waals surface area contributed by atoms with E-state index in [-0.39, 0.29) is 0 Å². The summed E-state index contributed by atoms with van der Waals surface area (Å²) in [5, 5.41) is 0. The van der Waals surface area contributed by atoms with Crippen molar-refractivity contribution >= 4 is 12.2 Å². The van der Waals surface area contributed by atoms with Gasteiger partial charge in [0.05, 0.1) is 19.8 Å². The molecule has 0 saturated carbocycles. The minimum Gasteiger partial charge on any atom is -0.490 e. The van der Waals surface area contributed by atoms with Crippen LogP contribution in [0.5, 0.6) is 17.2 Å². The highest BCUT2D eigenvalue weighted by Gasteiger charge is 2.14. The van der Waals surface area contributed by atoms with Crippen molar-refractivity contribution in [2.24, 2.45) is 0 Å². The van der Waals surface area contributed by atoms with Crippen LogP contribution >= 0.6 is 0 Å². The summed E-state index contributed by atoms with van der Waals surface area (Å²) in [4.78, 5) is 4.02. The summed E-state index contributed by atoms with van der Waals surface area (Å²) in [6.45, 7) is 7.56. The highest BCUT2D eigenvalue weighted by atomic mass is 16.5. The maximum atomic E-state index is 5.72. The number of hydrogen-bond acceptors (Lipinski definition) is 4. The molecule has 0 N–H and O–H groups in total. The van der Waals surface area contributed by atoms with Gasteiger partial charge in [-0.2, -0.15) is 0 Å². The number of benzene rings is 1. The van der Waals surface area contributed by atoms with Gasteiger partial charge in [0.25, 0.3) is 0 Å². The predicted molar refractivity (Wildman–Crippen MR) is 93.1 cm³/mol. The van der Waals surface area contributed by atoms with Gasteiger partial charge in [-0.15, -0.1) is 0 Å². The molecule has 0 spiro atoms. The summed E-state index contributed by atoms with van der Waals surface area (Å²) in [6.07, 6.45) is 7.60. The molecule has 0 aliphatic heterocycles. The van der Waals surface area contributed by atoms with Crippen LogP contribution in [0.4, 0.5) is 0 Å². The first-order valence-corrected chi connectivity index (χ1v) is 7.93. The molecule has 0 radical (unpaired) electrons. The molecule has 0 aliphatic rings. The van der Waals surface area contributed by atoms with Gasteiger partial charge in [0, 0.05) is 12.4 Å². The summed E-state index contributed by atoms with van der Waals surface area (Å²) in [5.74, 6) is 2.07. The first kappa shape index (κ1) is 16.9. The predicted octanol–water partition coefficient (Wildman–Crippen LogP) is 4.45. The summed E-state index contributed by atoms with van der Waals surface area (Å²) >= 11 is 0. The number of hydrogen-bond donors (Lipinski definition) is 0. The summed E-state index contributed by atoms with van der Waals surface area (Å²) < 4.78 is 17.1. The van der Waals surface area contributed by atoms with Crippen LogP contribution in [-0.2, 0) is 0 Å². The quantitative estimate of drug-likeness (QED) is 0.722. The number of ether oxygens (including phenoxy) is 3. The van der Waals surface area contributed by atoms with E-state index < -0.39 is 0 Å². The molecule has 23 heavy (non-hydrogen) atoms. The monoisotopic (exact) mass is 313 g/mol. The average molecular weight is 313 g/mol. The molecule has 0 bridgehead atoms. The summed E-state index contributed by atoms with van der Waals surface area (Å²) in [5.41, 5.74) is 2.09. The van der Waals surface area contributed by atoms with E-state index in [0.717, 1.165) is 11.1 Å². The zero-order valence-corrected chi connectivity index (χ0v) is 13.9. The maximum absolute atomic E-state index is 5.72. The Morgan fingerprint density at radius 2 is 1.30 bits per heavy atom. The van der Waals surface area contributed by atoms with E-state index in [2.05, 4.69) is 4.98 Å². The van der Waals surface area contributed by atoms with Crippen LogP contribution in [0.3, 0.4) is 0 Å². The largest absolute Gasteiger partial charge is 0.490 e. The van der Waals surface area contributed by atoms with Crippen LogP contribution in [0.15, 0.2) is 36.7 Å². The maximum Gasteiger partial charge on any atom is 0.203 e. The minimum absolute atomic E-state index is 0.562. The lowest BCUT2D eigenvalue weighted by Crippen LogP contribution is -2.02. The van der Waals surface area contributed by atoms with Gasteiger partial charge in [-0.05, 0) is 56.2 Å². The lowest BCUT2D eigenvalue weighted by molar-refractivity contribution is 0.260. The molecule has 0 aliphatic carbocycles. The van der Waals surface area contributed by atoms with Crippen molar-refractivity contribution in [1.29, 1.82) is 0 Å². The van der Waals surface area contributed by atoms with E-state index in [1.807, 2.05) is 57.2 Å². The van der Waals surface area contributed by atoms with Crippen molar-refractivity contribution < 1.29 is 14.2 Å². The number of nitrogens with zero attached hydrogens (tertiary/aromatic N) is 1. The van der Waals surface area contributed by atoms with Gasteiger partial charge in [-0.3, -0.25) is 4.98 Å². The Labute approximate surface area is 137 Å². The van der Waals surface area contributed by atoms with Gasteiger partial charge in [-0.25, -0.2) is 0 Å². The molecule has 2 aromatic rings. The van der Waals surface area contributed by atoms with Gasteiger partial charge in [0.1, 0.15) is 0 Å². The van der Waals surface area contributed by atoms with Gasteiger partial charge in [0.2, 0.25) is 5.75 Å². The van der Waals surface area contributed by atoms with Crippen molar-refractivity contribution in [3.63, 3.8) is 0 Å². The van der Waals surface area contributed by atoms with Crippen LogP contribution in [0.25, 0.3) is 12.2 Å². The lowest BCUT2D eigenvalue weighted by atomic mass is 10.1. The molecule has 1 aromatic heterocycles. The Kier molecular flexibility index (Phi) is 6.48. The third kappa shape index (κ3) is 4.74. The van der Waals surface area contributed by atoms with Gasteiger partial charge >= 0.3 is 0 Å². The van der Waals surface area contributed by atoms with Crippen molar-refractivity contribution in [2.45, 2.75) is 20.8 Å². The molecular weight excluding hydrogens is 290 g/mol. The zero-order chi connectivity index (χ0) is 16.5. The molecule has 4 nitrogen and oxygen atoms in total. The molecule has 4 heteroatoms. The van der Waals surface area contributed by atoms with E-state index in [4.69, 9.17) is 14.2 Å². The fourth-order valence-electron chi connectivity index (χ4n) is 2.17. The normalized spacial score (nSPS) is 10.7. The Bertz CT molecular complexity index is 611. The highest BCUT2D eigenvalue weighted by molar-refractivity contribution is 5.72. The smallest absolute Gasteiger partial charge is 0.203 e. The standard InChI is InChI=1S/C19H23NO3/c1-4-21-17-13-16(8-7-15-9-11-20-12-10-15)14-18(22-5-2)19(17)23-6-3/h7-14H,4-6H2,1-3H3/b8-7+. The third-order valence-electron chi connectivity index (χ3n) is 3.11. The second kappa shape index (κ2) is 8.83. The van der Waals surface area contributed by atoms with E-state index in [1.165, 1.54) is 0 Å². The lowest BCUT2D eigenvalue weighted by Gasteiger charge is -2.16. The SMILES string of the molecule is CCOc1cc(/C=C/c2ccncc2)cc(OCC)c1OCC. The van der Waals surface area contributed by atoms with E-state index in [0.29, 0.717) is 37.1 Å². The zero-order valence-electron chi connectivity index (χ0n) is 13.9. The Balaban J connectivity index is 2.37. The first-order chi connectivity index (χ1) is 11.3. The van der Waals surface area contributed by atoms with Crippen molar-refractivity contribution in [1.82, 2.24) is 4.98 Å². The molecule has 2 rings (SSSR count). The summed E-state index contributed by atoms with van der Waals surface area (Å²) in [7, 11) is 0. The van der Waals surface area contributed by atoms with Crippen LogP contribution in [-0.4, -0.2) is 24.8 Å². The fraction of sp³-hybridized carbons (Fsp3) is 0.316. The van der Waals surface area contributed by atoms with E-state index in [1.54, 1.807) is 12.4 Å². The second-order valence-corrected chi connectivity index (χ2v) is 4.76. The van der Waals surface area contributed by atoms with E-state index >= 15 is 0 Å². The molecule has 122 valence electrons. The fourth-order valence-corrected chi connectivity index (χ4v) is 2.17. The van der Waals surface area contributed by atoms with Crippen LogP contribution in [0.1, 0.15) is 31.9 Å². The number of rotatable bonds is 8. The molecule has 1 heterocycles. The van der Waals surface area contributed by atoms with Gasteiger partial charge in [-0.1, -0.05) is 12.2 Å². The third-order valence-corrected chi connectivity index (χ3v) is 3.11. The minimum atomic E-state index is 0.562. The first-order valence-electron chi connectivity index (χ1n) is 7.93. The Morgan fingerprint density at radius 3 is 1.83 bits per heavy atom. The molecule has 1 aromatic carbocycles. The topological polar surface area (TPSA) is 40.6 Å². The Hall–Kier alpha value is -2.49. The van der Waals surface area contributed by atoms with Crippen molar-refractivity contribution in [3.8, 4) is 17.2 Å². The average Bonchev–Trinajstić information content (AvgIpc) is 2.57. The molecule has 0 atom stereocenters. The van der Waals surface area contributed by atoms with Crippen LogP contribution in [0.2, 0.25) is 0 Å². The van der Waals surface area contributed by atoms with Crippen molar-refractivity contribution in [2.75, 3.05) is 19.8 Å². The second-order valence-electron chi connectivity index (χ2n) is 4.76. The molecule has 0 amide bonds. The molecule has 0 unspecified atom stereocenters. The highest BCUT2D eigenvalue weighted by Crippen LogP contribution is 2.39. The summed E-state index contributed by atoms with van der Waals surface area (Å²) in [6, 6.07) is 7.85. The Morgan fingerprint density at radius 1 is 0.783 bits per heavy atom. The number of aromatic nitrogens is 1. The van der Waals surface area contributed by atoms with Gasteiger partial charge in [0.15, 0.2) is 11.5 Å². The van der Waals surface area contributed by atoms with Crippen LogP contribution in [0, 0.1) is 0 Å². The molecular formula is C19H23NO3. The van der Waals surface area contributed by atoms with Crippen molar-refractivity contribution in [3.05, 3.63) is 47.8 Å². The van der Waals surface area contributed by atoms with E-state index in [9.17, 15) is 0 Å². The van der Waals surface area contributed by atoms with Crippen LogP contribution < -0.4 is 14.2 Å².